The van der Waals surface area contributed by atoms with Crippen molar-refractivity contribution in [2.45, 2.75) is 18.8 Å². The van der Waals surface area contributed by atoms with Gasteiger partial charge in [-0.3, -0.25) is 4.79 Å². The summed E-state index contributed by atoms with van der Waals surface area (Å²) < 4.78 is 5.58. The van der Waals surface area contributed by atoms with Gasteiger partial charge in [0.25, 0.3) is 5.91 Å². The highest BCUT2D eigenvalue weighted by Gasteiger charge is 2.25. The van der Waals surface area contributed by atoms with E-state index in [4.69, 9.17) is 10.00 Å². The fourth-order valence-electron chi connectivity index (χ4n) is 3.79. The van der Waals surface area contributed by atoms with Gasteiger partial charge in [-0.2, -0.15) is 5.26 Å². The van der Waals surface area contributed by atoms with E-state index in [1.807, 2.05) is 11.0 Å². The molecule has 2 heterocycles. The van der Waals surface area contributed by atoms with Crippen LogP contribution in [0.25, 0.3) is 10.9 Å². The Morgan fingerprint density at radius 3 is 2.70 bits per heavy atom. The summed E-state index contributed by atoms with van der Waals surface area (Å²) in [5.74, 6) is 0.896. The summed E-state index contributed by atoms with van der Waals surface area (Å²) in [4.78, 5) is 17.7. The third kappa shape index (κ3) is 3.52. The molecular formula is C22H21N3O2. The Bertz CT molecular complexity index is 994. The van der Waals surface area contributed by atoms with Gasteiger partial charge in [0.2, 0.25) is 0 Å². The molecule has 2 aromatic carbocycles. The Kier molecular flexibility index (Phi) is 4.80. The molecule has 1 aliphatic rings. The largest absolute Gasteiger partial charge is 0.482 e. The quantitative estimate of drug-likeness (QED) is 0.770. The lowest BCUT2D eigenvalue weighted by Crippen LogP contribution is -2.40. The Labute approximate surface area is 158 Å². The number of aromatic nitrogens is 1. The van der Waals surface area contributed by atoms with Crippen LogP contribution in [0.15, 0.2) is 54.7 Å². The Balaban J connectivity index is 1.35. The van der Waals surface area contributed by atoms with Crippen LogP contribution in [0.4, 0.5) is 0 Å². The number of benzene rings is 2. The van der Waals surface area contributed by atoms with E-state index in [0.717, 1.165) is 31.4 Å². The van der Waals surface area contributed by atoms with E-state index >= 15 is 0 Å². The number of nitrogens with zero attached hydrogens (tertiary/aromatic N) is 2. The Morgan fingerprint density at radius 1 is 1.15 bits per heavy atom. The van der Waals surface area contributed by atoms with Crippen LogP contribution >= 0.6 is 0 Å². The monoisotopic (exact) mass is 359 g/mol. The molecule has 0 unspecified atom stereocenters. The van der Waals surface area contributed by atoms with Crippen molar-refractivity contribution in [2.24, 2.45) is 0 Å². The molecule has 5 heteroatoms. The summed E-state index contributed by atoms with van der Waals surface area (Å²) in [5.41, 5.74) is 2.95. The van der Waals surface area contributed by atoms with Gasteiger partial charge in [0, 0.05) is 30.2 Å². The number of carbonyl (C=O) groups excluding carboxylic acids is 1. The lowest BCUT2D eigenvalue weighted by atomic mass is 9.89. The highest BCUT2D eigenvalue weighted by Crippen LogP contribution is 2.33. The highest BCUT2D eigenvalue weighted by atomic mass is 16.5. The summed E-state index contributed by atoms with van der Waals surface area (Å²) in [6.45, 7) is 1.43. The molecule has 1 aliphatic heterocycles. The van der Waals surface area contributed by atoms with E-state index in [1.54, 1.807) is 24.3 Å². The minimum Gasteiger partial charge on any atom is -0.482 e. The van der Waals surface area contributed by atoms with E-state index in [9.17, 15) is 4.79 Å². The van der Waals surface area contributed by atoms with Gasteiger partial charge in [0.1, 0.15) is 11.8 Å². The van der Waals surface area contributed by atoms with Gasteiger partial charge in [0.05, 0.1) is 5.56 Å². The lowest BCUT2D eigenvalue weighted by molar-refractivity contribution is -0.134. The number of likely N-dealkylation sites (tertiary alicyclic amines) is 1. The molecule has 1 N–H and O–H groups in total. The molecule has 0 saturated carbocycles. The number of nitrogens with one attached hydrogen (secondary N) is 1. The smallest absolute Gasteiger partial charge is 0.260 e. The van der Waals surface area contributed by atoms with Crippen molar-refractivity contribution < 1.29 is 9.53 Å². The number of nitriles is 1. The standard InChI is InChI=1S/C22H21N3O2/c23-13-17-5-1-4-8-21(17)27-15-22(26)25-11-9-16(10-12-25)19-14-24-20-7-3-2-6-18(19)20/h1-8,14,16,24H,9-12,15H2. The van der Waals surface area contributed by atoms with Crippen molar-refractivity contribution in [3.05, 3.63) is 65.9 Å². The number of amides is 1. The first-order valence-electron chi connectivity index (χ1n) is 9.22. The van der Waals surface area contributed by atoms with Gasteiger partial charge < -0.3 is 14.6 Å². The number of ether oxygens (including phenoxy) is 1. The zero-order valence-corrected chi connectivity index (χ0v) is 15.0. The first-order valence-corrected chi connectivity index (χ1v) is 9.22. The normalized spacial score (nSPS) is 14.9. The average molecular weight is 359 g/mol. The topological polar surface area (TPSA) is 69.1 Å². The molecule has 0 aliphatic carbocycles. The number of aromatic amines is 1. The van der Waals surface area contributed by atoms with Crippen LogP contribution in [0.2, 0.25) is 0 Å². The number of fused-ring (bicyclic) bond motifs is 1. The molecule has 4 rings (SSSR count). The number of hydrogen-bond acceptors (Lipinski definition) is 3. The molecule has 1 amide bonds. The molecule has 0 bridgehead atoms. The number of H-pyrrole nitrogens is 1. The van der Waals surface area contributed by atoms with E-state index in [0.29, 0.717) is 17.2 Å². The molecule has 3 aromatic rings. The highest BCUT2D eigenvalue weighted by molar-refractivity contribution is 5.83. The fourth-order valence-corrected chi connectivity index (χ4v) is 3.79. The maximum Gasteiger partial charge on any atom is 0.260 e. The summed E-state index contributed by atoms with van der Waals surface area (Å²) >= 11 is 0. The minimum absolute atomic E-state index is 0.0277. The van der Waals surface area contributed by atoms with Crippen LogP contribution < -0.4 is 4.74 Å². The summed E-state index contributed by atoms with van der Waals surface area (Å²) in [5, 5.41) is 10.4. The van der Waals surface area contributed by atoms with Gasteiger partial charge in [-0.05, 0) is 42.5 Å². The lowest BCUT2D eigenvalue weighted by Gasteiger charge is -2.32. The second kappa shape index (κ2) is 7.55. The third-order valence-electron chi connectivity index (χ3n) is 5.27. The van der Waals surface area contributed by atoms with Crippen molar-refractivity contribution in [3.8, 4) is 11.8 Å². The first kappa shape index (κ1) is 17.2. The van der Waals surface area contributed by atoms with Crippen molar-refractivity contribution in [2.75, 3.05) is 19.7 Å². The first-order chi connectivity index (χ1) is 13.3. The summed E-state index contributed by atoms with van der Waals surface area (Å²) in [7, 11) is 0. The molecule has 0 spiro atoms. The van der Waals surface area contributed by atoms with Crippen molar-refractivity contribution in [1.82, 2.24) is 9.88 Å². The maximum absolute atomic E-state index is 12.5. The molecule has 1 fully saturated rings. The van der Waals surface area contributed by atoms with Crippen molar-refractivity contribution in [3.63, 3.8) is 0 Å². The maximum atomic E-state index is 12.5. The number of carbonyl (C=O) groups is 1. The van der Waals surface area contributed by atoms with Crippen LogP contribution in [0.5, 0.6) is 5.75 Å². The molecule has 0 atom stereocenters. The molecule has 0 radical (unpaired) electrons. The van der Waals surface area contributed by atoms with E-state index < -0.39 is 0 Å². The fraction of sp³-hybridized carbons (Fsp3) is 0.273. The van der Waals surface area contributed by atoms with Crippen LogP contribution in [0.1, 0.15) is 29.9 Å². The number of piperidine rings is 1. The predicted octanol–water partition coefficient (Wildman–Crippen LogP) is 3.82. The van der Waals surface area contributed by atoms with E-state index in [-0.39, 0.29) is 12.5 Å². The number of para-hydroxylation sites is 2. The average Bonchev–Trinajstić information content (AvgIpc) is 3.16. The molecule has 136 valence electrons. The van der Waals surface area contributed by atoms with Crippen LogP contribution in [0, 0.1) is 11.3 Å². The zero-order chi connectivity index (χ0) is 18.6. The van der Waals surface area contributed by atoms with Crippen LogP contribution in [-0.4, -0.2) is 35.5 Å². The van der Waals surface area contributed by atoms with Crippen LogP contribution in [-0.2, 0) is 4.79 Å². The van der Waals surface area contributed by atoms with Crippen molar-refractivity contribution >= 4 is 16.8 Å². The van der Waals surface area contributed by atoms with Gasteiger partial charge in [-0.1, -0.05) is 30.3 Å². The Morgan fingerprint density at radius 2 is 1.89 bits per heavy atom. The molecule has 1 aromatic heterocycles. The number of hydrogen-bond donors (Lipinski definition) is 1. The third-order valence-corrected chi connectivity index (χ3v) is 5.27. The second-order valence-electron chi connectivity index (χ2n) is 6.84. The van der Waals surface area contributed by atoms with Gasteiger partial charge in [-0.15, -0.1) is 0 Å². The summed E-state index contributed by atoms with van der Waals surface area (Å²) in [6, 6.07) is 17.4. The Hall–Kier alpha value is -3.26. The minimum atomic E-state index is -0.0313. The molecule has 5 nitrogen and oxygen atoms in total. The molecular weight excluding hydrogens is 338 g/mol. The number of rotatable bonds is 4. The van der Waals surface area contributed by atoms with Crippen LogP contribution in [0.3, 0.4) is 0 Å². The second-order valence-corrected chi connectivity index (χ2v) is 6.84. The van der Waals surface area contributed by atoms with Gasteiger partial charge in [-0.25, -0.2) is 0 Å². The van der Waals surface area contributed by atoms with Gasteiger partial charge >= 0.3 is 0 Å². The SMILES string of the molecule is N#Cc1ccccc1OCC(=O)N1CCC(c2c[nH]c3ccccc23)CC1. The van der Waals surface area contributed by atoms with Gasteiger partial charge in [0.15, 0.2) is 6.61 Å². The zero-order valence-electron chi connectivity index (χ0n) is 15.0. The molecule has 1 saturated heterocycles. The van der Waals surface area contributed by atoms with E-state index in [1.165, 1.54) is 10.9 Å². The molecule has 27 heavy (non-hydrogen) atoms. The van der Waals surface area contributed by atoms with Crippen molar-refractivity contribution in [1.29, 1.82) is 5.26 Å². The summed E-state index contributed by atoms with van der Waals surface area (Å²) in [6.07, 6.45) is 4.00. The predicted molar refractivity (Wildman–Crippen MR) is 104 cm³/mol. The van der Waals surface area contributed by atoms with E-state index in [2.05, 4.69) is 35.4 Å².